The largest absolute Gasteiger partial charge is 0.496 e. The first-order valence-corrected chi connectivity index (χ1v) is 10.1. The number of nitrogens with zero attached hydrogens (tertiary/aromatic N) is 1. The van der Waals surface area contributed by atoms with Crippen molar-refractivity contribution in [2.24, 2.45) is 0 Å². The third-order valence-electron chi connectivity index (χ3n) is 5.48. The van der Waals surface area contributed by atoms with Crippen LogP contribution >= 0.6 is 11.6 Å². The number of rotatable bonds is 6. The molecule has 2 atom stereocenters. The maximum atomic E-state index is 13.2. The Morgan fingerprint density at radius 2 is 2.00 bits per heavy atom. The monoisotopic (exact) mass is 440 g/mol. The van der Waals surface area contributed by atoms with Crippen molar-refractivity contribution >= 4 is 17.5 Å². The number of carbonyl (C=O) groups is 1. The molecule has 1 fully saturated rings. The molecule has 1 unspecified atom stereocenters. The highest BCUT2D eigenvalue weighted by Gasteiger charge is 2.35. The molecule has 0 aliphatic carbocycles. The van der Waals surface area contributed by atoms with Crippen molar-refractivity contribution in [2.45, 2.75) is 38.0 Å². The summed E-state index contributed by atoms with van der Waals surface area (Å²) in [5.74, 6) is -0.0568. The van der Waals surface area contributed by atoms with Gasteiger partial charge in [-0.15, -0.1) is 0 Å². The van der Waals surface area contributed by atoms with Gasteiger partial charge in [0, 0.05) is 18.2 Å². The van der Waals surface area contributed by atoms with E-state index in [0.717, 1.165) is 31.0 Å². The molecule has 0 aromatic heterocycles. The summed E-state index contributed by atoms with van der Waals surface area (Å²) in [5.41, 5.74) is -0.477. The highest BCUT2D eigenvalue weighted by atomic mass is 35.5. The summed E-state index contributed by atoms with van der Waals surface area (Å²) in [7, 11) is 1.54. The van der Waals surface area contributed by atoms with Gasteiger partial charge in [0.15, 0.2) is 0 Å². The number of nitrogens with one attached hydrogen (secondary N) is 1. The topological polar surface area (TPSA) is 41.6 Å². The Bertz CT molecular complexity index is 904. The van der Waals surface area contributed by atoms with Gasteiger partial charge in [-0.25, -0.2) is 0 Å². The molecule has 1 saturated heterocycles. The first-order chi connectivity index (χ1) is 14.2. The van der Waals surface area contributed by atoms with Gasteiger partial charge in [-0.2, -0.15) is 13.2 Å². The highest BCUT2D eigenvalue weighted by Crippen LogP contribution is 2.36. The highest BCUT2D eigenvalue weighted by molar-refractivity contribution is 6.34. The van der Waals surface area contributed by atoms with Crippen LogP contribution in [0.4, 0.5) is 13.2 Å². The lowest BCUT2D eigenvalue weighted by atomic mass is 10.0. The average molecular weight is 441 g/mol. The molecule has 1 aliphatic rings. The van der Waals surface area contributed by atoms with Gasteiger partial charge in [-0.1, -0.05) is 35.9 Å². The van der Waals surface area contributed by atoms with Crippen LogP contribution in [0.15, 0.2) is 42.5 Å². The molecule has 162 valence electrons. The number of carbonyl (C=O) groups excluding carboxylic acids is 1. The zero-order valence-corrected chi connectivity index (χ0v) is 17.6. The van der Waals surface area contributed by atoms with Gasteiger partial charge in [0.25, 0.3) is 5.91 Å². The summed E-state index contributed by atoms with van der Waals surface area (Å²) >= 11 is 5.95. The zero-order chi connectivity index (χ0) is 21.9. The number of benzene rings is 2. The van der Waals surface area contributed by atoms with Crippen LogP contribution in [-0.4, -0.2) is 37.0 Å². The van der Waals surface area contributed by atoms with Crippen LogP contribution in [0.25, 0.3) is 0 Å². The number of alkyl halides is 3. The summed E-state index contributed by atoms with van der Waals surface area (Å²) in [6.45, 7) is 3.54. The number of amides is 1. The zero-order valence-electron chi connectivity index (χ0n) is 16.8. The molecule has 0 spiro atoms. The molecular formula is C22H24ClF3N2O2. The quantitative estimate of drug-likeness (QED) is 0.660. The lowest BCUT2D eigenvalue weighted by Crippen LogP contribution is -2.39. The summed E-state index contributed by atoms with van der Waals surface area (Å²) in [6, 6.07) is 10.5. The van der Waals surface area contributed by atoms with E-state index in [0.29, 0.717) is 18.3 Å². The molecule has 0 radical (unpaired) electrons. The third kappa shape index (κ3) is 4.90. The smallest absolute Gasteiger partial charge is 0.417 e. The summed E-state index contributed by atoms with van der Waals surface area (Å²) in [4.78, 5) is 15.2. The van der Waals surface area contributed by atoms with Crippen LogP contribution in [0.1, 0.15) is 47.3 Å². The number of hydrogen-bond acceptors (Lipinski definition) is 3. The second-order valence-electron chi connectivity index (χ2n) is 7.42. The van der Waals surface area contributed by atoms with Gasteiger partial charge in [0.2, 0.25) is 0 Å². The Labute approximate surface area is 179 Å². The summed E-state index contributed by atoms with van der Waals surface area (Å²) in [5, 5.41) is 2.28. The van der Waals surface area contributed by atoms with Gasteiger partial charge >= 0.3 is 6.18 Å². The van der Waals surface area contributed by atoms with E-state index in [1.54, 1.807) is 13.2 Å². The molecule has 0 bridgehead atoms. The number of para-hydroxylation sites is 1. The Hall–Kier alpha value is -2.25. The number of methoxy groups -OCH3 is 1. The van der Waals surface area contributed by atoms with Gasteiger partial charge in [0.05, 0.1) is 29.3 Å². The summed E-state index contributed by atoms with van der Waals surface area (Å²) < 4.78 is 45.0. The van der Waals surface area contributed by atoms with Crippen molar-refractivity contribution < 1.29 is 22.7 Å². The molecule has 4 nitrogen and oxygen atoms in total. The molecule has 1 heterocycles. The van der Waals surface area contributed by atoms with Gasteiger partial charge < -0.3 is 10.1 Å². The first-order valence-electron chi connectivity index (χ1n) is 9.76. The van der Waals surface area contributed by atoms with Gasteiger partial charge in [-0.3, -0.25) is 9.69 Å². The average Bonchev–Trinajstić information content (AvgIpc) is 3.11. The summed E-state index contributed by atoms with van der Waals surface area (Å²) in [6.07, 6.45) is -2.51. The van der Waals surface area contributed by atoms with E-state index >= 15 is 0 Å². The van der Waals surface area contributed by atoms with Crippen LogP contribution in [0.3, 0.4) is 0 Å². The molecule has 8 heteroatoms. The molecule has 2 aromatic rings. The molecule has 1 aliphatic heterocycles. The van der Waals surface area contributed by atoms with Gasteiger partial charge in [0.1, 0.15) is 5.75 Å². The normalized spacial score (nSPS) is 18.3. The molecule has 3 rings (SSSR count). The predicted octanol–water partition coefficient (Wildman–Crippen LogP) is 5.32. The fourth-order valence-corrected chi connectivity index (χ4v) is 4.16. The van der Waals surface area contributed by atoms with E-state index in [1.807, 2.05) is 18.2 Å². The lowest BCUT2D eigenvalue weighted by molar-refractivity contribution is -0.137. The van der Waals surface area contributed by atoms with Crippen molar-refractivity contribution in [3.63, 3.8) is 0 Å². The minimum absolute atomic E-state index is 0.208. The Balaban J connectivity index is 1.92. The first kappa shape index (κ1) is 22.4. The Morgan fingerprint density at radius 3 is 2.63 bits per heavy atom. The van der Waals surface area contributed by atoms with Crippen molar-refractivity contribution in [3.8, 4) is 5.75 Å². The van der Waals surface area contributed by atoms with Crippen LogP contribution < -0.4 is 10.1 Å². The Morgan fingerprint density at radius 1 is 1.27 bits per heavy atom. The molecule has 1 N–H and O–H groups in total. The minimum Gasteiger partial charge on any atom is -0.496 e. The maximum Gasteiger partial charge on any atom is 0.417 e. The fourth-order valence-electron chi connectivity index (χ4n) is 3.84. The predicted molar refractivity (Wildman–Crippen MR) is 110 cm³/mol. The maximum absolute atomic E-state index is 13.2. The van der Waals surface area contributed by atoms with E-state index in [2.05, 4.69) is 17.1 Å². The second kappa shape index (κ2) is 9.27. The van der Waals surface area contributed by atoms with E-state index in [-0.39, 0.29) is 5.56 Å². The van der Waals surface area contributed by atoms with Crippen LogP contribution in [-0.2, 0) is 6.18 Å². The van der Waals surface area contributed by atoms with E-state index in [9.17, 15) is 18.0 Å². The Kier molecular flexibility index (Phi) is 6.93. The number of halogens is 4. The molecular weight excluding hydrogens is 417 g/mol. The van der Waals surface area contributed by atoms with Crippen LogP contribution in [0.2, 0.25) is 5.02 Å². The van der Waals surface area contributed by atoms with Crippen molar-refractivity contribution in [1.82, 2.24) is 10.2 Å². The van der Waals surface area contributed by atoms with Crippen molar-refractivity contribution in [2.75, 3.05) is 20.2 Å². The van der Waals surface area contributed by atoms with Crippen molar-refractivity contribution in [3.05, 3.63) is 64.2 Å². The minimum atomic E-state index is -4.64. The lowest BCUT2D eigenvalue weighted by Gasteiger charge is -2.29. The van der Waals surface area contributed by atoms with Crippen LogP contribution in [0.5, 0.6) is 5.75 Å². The fraction of sp³-hybridized carbons (Fsp3) is 0.409. The van der Waals surface area contributed by atoms with E-state index in [4.69, 9.17) is 16.3 Å². The van der Waals surface area contributed by atoms with E-state index in [1.165, 1.54) is 12.1 Å². The number of likely N-dealkylation sites (tertiary alicyclic amines) is 1. The van der Waals surface area contributed by atoms with Gasteiger partial charge in [-0.05, 0) is 44.5 Å². The third-order valence-corrected chi connectivity index (χ3v) is 5.88. The standard InChI is InChI=1S/C22H24ClF3N2O2/c1-14-7-6-12-28(14)13-18(15-8-3-4-11-19(15)30-2)27-21(29)16-9-5-10-17(20(16)23)22(24,25)26/h3-5,8-11,14,18H,6-7,12-13H2,1-2H3,(H,27,29)/t14-,18?/m1/s1. The molecule has 1 amide bonds. The van der Waals surface area contributed by atoms with Crippen molar-refractivity contribution in [1.29, 1.82) is 0 Å². The van der Waals surface area contributed by atoms with Crippen LogP contribution in [0, 0.1) is 0 Å². The SMILES string of the molecule is COc1ccccc1C(CN1CCC[C@H]1C)NC(=O)c1cccc(C(F)(F)F)c1Cl. The number of hydrogen-bond donors (Lipinski definition) is 1. The second-order valence-corrected chi connectivity index (χ2v) is 7.80. The molecule has 2 aromatic carbocycles. The molecule has 0 saturated carbocycles. The number of ether oxygens (including phenoxy) is 1. The van der Waals surface area contributed by atoms with E-state index < -0.39 is 28.7 Å². The molecule has 30 heavy (non-hydrogen) atoms.